The van der Waals surface area contributed by atoms with Crippen LogP contribution in [0.4, 0.5) is 14.5 Å². The normalized spacial score (nSPS) is 18.6. The summed E-state index contributed by atoms with van der Waals surface area (Å²) < 4.78 is 41.5. The monoisotopic (exact) mass is 414 g/mol. The van der Waals surface area contributed by atoms with Crippen LogP contribution < -0.4 is 9.64 Å². The number of ether oxygens (including phenoxy) is 2. The van der Waals surface area contributed by atoms with Gasteiger partial charge in [-0.2, -0.15) is 14.0 Å². The van der Waals surface area contributed by atoms with Gasteiger partial charge >= 0.3 is 6.11 Å². The van der Waals surface area contributed by atoms with E-state index in [1.54, 1.807) is 48.0 Å². The Balaban J connectivity index is 1.86. The molecule has 2 unspecified atom stereocenters. The molecule has 0 saturated heterocycles. The van der Waals surface area contributed by atoms with E-state index in [2.05, 4.69) is 11.1 Å². The van der Waals surface area contributed by atoms with Gasteiger partial charge in [0.25, 0.3) is 0 Å². The molecule has 3 aromatic rings. The summed E-state index contributed by atoms with van der Waals surface area (Å²) in [5, 5.41) is 19.4. The zero-order chi connectivity index (χ0) is 21.6. The fraction of sp³-hybridized carbons (Fsp3) is 0.333. The number of methoxy groups -OCH3 is 1. The van der Waals surface area contributed by atoms with Crippen LogP contribution in [0.5, 0.6) is 5.75 Å². The number of hydrogen-bond acceptors (Lipinski definition) is 6. The molecule has 2 heterocycles. The minimum absolute atomic E-state index is 0.0240. The second kappa shape index (κ2) is 7.23. The predicted molar refractivity (Wildman–Crippen MR) is 105 cm³/mol. The Hall–Kier alpha value is -3.22. The van der Waals surface area contributed by atoms with Crippen molar-refractivity contribution >= 4 is 16.7 Å². The molecule has 0 bridgehead atoms. The first-order valence-electron chi connectivity index (χ1n) is 9.30. The van der Waals surface area contributed by atoms with Crippen LogP contribution in [0.25, 0.3) is 11.0 Å². The van der Waals surface area contributed by atoms with Crippen LogP contribution in [0.1, 0.15) is 30.0 Å². The first-order valence-corrected chi connectivity index (χ1v) is 9.30. The fourth-order valence-corrected chi connectivity index (χ4v) is 3.84. The number of alkyl halides is 2. The van der Waals surface area contributed by atoms with E-state index in [1.807, 2.05) is 0 Å². The topological polar surface area (TPSA) is 83.5 Å². The molecule has 2 atom stereocenters. The van der Waals surface area contributed by atoms with E-state index in [1.165, 1.54) is 18.9 Å². The van der Waals surface area contributed by atoms with Crippen molar-refractivity contribution in [1.29, 1.82) is 5.26 Å². The molecular formula is C21H20F2N4O3. The van der Waals surface area contributed by atoms with Gasteiger partial charge in [0.15, 0.2) is 5.75 Å². The van der Waals surface area contributed by atoms with E-state index in [-0.39, 0.29) is 17.9 Å². The van der Waals surface area contributed by atoms with Crippen LogP contribution in [0, 0.1) is 11.3 Å². The minimum Gasteiger partial charge on any atom is -0.427 e. The van der Waals surface area contributed by atoms with Gasteiger partial charge < -0.3 is 24.0 Å². The van der Waals surface area contributed by atoms with Gasteiger partial charge in [-0.05, 0) is 25.1 Å². The number of hydrogen-bond donors (Lipinski definition) is 1. The lowest BCUT2D eigenvalue weighted by Gasteiger charge is -2.42. The lowest BCUT2D eigenvalue weighted by Crippen LogP contribution is -2.55. The summed E-state index contributed by atoms with van der Waals surface area (Å²) in [5.74, 6) is 0.378. The van der Waals surface area contributed by atoms with Gasteiger partial charge in [0.2, 0.25) is 6.23 Å². The number of aliphatic hydroxyl groups is 1. The maximum atomic E-state index is 14.8. The third kappa shape index (κ3) is 3.05. The van der Waals surface area contributed by atoms with Crippen molar-refractivity contribution in [3.63, 3.8) is 0 Å². The molecular weight excluding hydrogens is 394 g/mol. The molecule has 1 aliphatic rings. The molecule has 0 saturated carbocycles. The first-order chi connectivity index (χ1) is 14.3. The van der Waals surface area contributed by atoms with Gasteiger partial charge in [-0.3, -0.25) is 0 Å². The number of fused-ring (bicyclic) bond motifs is 2. The number of para-hydroxylation sites is 2. The van der Waals surface area contributed by atoms with E-state index in [0.717, 1.165) is 0 Å². The average Bonchev–Trinajstić information content (AvgIpc) is 3.02. The third-order valence-corrected chi connectivity index (χ3v) is 5.24. The molecule has 2 aromatic carbocycles. The molecule has 30 heavy (non-hydrogen) atoms. The number of nitrogens with zero attached hydrogens (tertiary/aromatic N) is 4. The summed E-state index contributed by atoms with van der Waals surface area (Å²) >= 11 is 0. The maximum Gasteiger partial charge on any atom is 0.444 e. The summed E-state index contributed by atoms with van der Waals surface area (Å²) in [7, 11) is 2.92. The predicted octanol–water partition coefficient (Wildman–Crippen LogP) is 3.46. The second-order valence-corrected chi connectivity index (χ2v) is 7.12. The quantitative estimate of drug-likeness (QED) is 0.704. The summed E-state index contributed by atoms with van der Waals surface area (Å²) in [4.78, 5) is 5.90. The summed E-state index contributed by atoms with van der Waals surface area (Å²) in [5.41, 5.74) is 2.28. The number of halogens is 2. The summed E-state index contributed by atoms with van der Waals surface area (Å²) in [6.07, 6.45) is -6.36. The van der Waals surface area contributed by atoms with Gasteiger partial charge in [0.1, 0.15) is 11.9 Å². The summed E-state index contributed by atoms with van der Waals surface area (Å²) in [6, 6.07) is 12.1. The lowest BCUT2D eigenvalue weighted by molar-refractivity contribution is -0.253. The van der Waals surface area contributed by atoms with Crippen LogP contribution in [-0.4, -0.2) is 34.1 Å². The largest absolute Gasteiger partial charge is 0.444 e. The number of benzene rings is 2. The molecule has 1 aliphatic heterocycles. The molecule has 0 amide bonds. The third-order valence-electron chi connectivity index (χ3n) is 5.24. The SMILES string of the molecule is COC1N(Cc2nc3cccc(C#N)c3n2C)c2cccc(C(C)O)c2OC1(F)F. The number of nitriles is 1. The van der Waals surface area contributed by atoms with Gasteiger partial charge in [-0.25, -0.2) is 4.98 Å². The molecule has 1 aromatic heterocycles. The Labute approximate surface area is 171 Å². The van der Waals surface area contributed by atoms with Crippen LogP contribution in [-0.2, 0) is 18.3 Å². The highest BCUT2D eigenvalue weighted by molar-refractivity contribution is 5.82. The average molecular weight is 414 g/mol. The van der Waals surface area contributed by atoms with Crippen molar-refractivity contribution in [2.45, 2.75) is 31.9 Å². The number of aliphatic hydroxyl groups excluding tert-OH is 1. The second-order valence-electron chi connectivity index (χ2n) is 7.12. The minimum atomic E-state index is -3.66. The molecule has 0 aliphatic carbocycles. The molecule has 7 nitrogen and oxygen atoms in total. The molecule has 0 spiro atoms. The molecule has 156 valence electrons. The standard InChI is InChI=1S/C21H20F2N4O3/c1-12(28)14-7-5-9-16-19(14)30-21(22,23)20(29-3)27(16)11-17-25-15-8-4-6-13(10-24)18(15)26(17)2/h4-9,12,20,28H,11H2,1-3H3. The van der Waals surface area contributed by atoms with Crippen molar-refractivity contribution in [2.24, 2.45) is 7.05 Å². The molecule has 9 heteroatoms. The Kier molecular flexibility index (Phi) is 4.84. The van der Waals surface area contributed by atoms with E-state index in [4.69, 9.17) is 9.47 Å². The highest BCUT2D eigenvalue weighted by Gasteiger charge is 2.52. The van der Waals surface area contributed by atoms with Crippen LogP contribution in [0.2, 0.25) is 0 Å². The summed E-state index contributed by atoms with van der Waals surface area (Å²) in [6.45, 7) is 1.46. The number of imidazole rings is 1. The lowest BCUT2D eigenvalue weighted by atomic mass is 10.1. The number of aryl methyl sites for hydroxylation is 1. The molecule has 4 rings (SSSR count). The van der Waals surface area contributed by atoms with Crippen molar-refractivity contribution in [2.75, 3.05) is 12.0 Å². The van der Waals surface area contributed by atoms with Crippen LogP contribution in [0.15, 0.2) is 36.4 Å². The maximum absolute atomic E-state index is 14.8. The number of aromatic nitrogens is 2. The van der Waals surface area contributed by atoms with Crippen molar-refractivity contribution < 1.29 is 23.4 Å². The highest BCUT2D eigenvalue weighted by Crippen LogP contribution is 2.46. The number of rotatable bonds is 4. The van der Waals surface area contributed by atoms with E-state index < -0.39 is 18.4 Å². The molecule has 0 fully saturated rings. The Morgan fingerprint density at radius 3 is 2.73 bits per heavy atom. The zero-order valence-electron chi connectivity index (χ0n) is 16.6. The van der Waals surface area contributed by atoms with Gasteiger partial charge in [-0.1, -0.05) is 18.2 Å². The first kappa shape index (κ1) is 20.1. The smallest absolute Gasteiger partial charge is 0.427 e. The highest BCUT2D eigenvalue weighted by atomic mass is 19.3. The van der Waals surface area contributed by atoms with Gasteiger partial charge in [0, 0.05) is 19.7 Å². The zero-order valence-corrected chi connectivity index (χ0v) is 16.6. The Morgan fingerprint density at radius 1 is 1.33 bits per heavy atom. The van der Waals surface area contributed by atoms with E-state index in [0.29, 0.717) is 28.1 Å². The van der Waals surface area contributed by atoms with Crippen molar-refractivity contribution in [1.82, 2.24) is 9.55 Å². The Morgan fingerprint density at radius 2 is 2.07 bits per heavy atom. The fourth-order valence-electron chi connectivity index (χ4n) is 3.84. The van der Waals surface area contributed by atoms with Crippen LogP contribution >= 0.6 is 0 Å². The van der Waals surface area contributed by atoms with E-state index >= 15 is 0 Å². The Bertz CT molecular complexity index is 1150. The van der Waals surface area contributed by atoms with Gasteiger partial charge in [-0.15, -0.1) is 0 Å². The molecule has 1 N–H and O–H groups in total. The van der Waals surface area contributed by atoms with Crippen molar-refractivity contribution in [3.8, 4) is 11.8 Å². The van der Waals surface area contributed by atoms with Crippen molar-refractivity contribution in [3.05, 3.63) is 53.3 Å². The number of anilines is 1. The van der Waals surface area contributed by atoms with Gasteiger partial charge in [0.05, 0.1) is 34.9 Å². The van der Waals surface area contributed by atoms with Crippen LogP contribution in [0.3, 0.4) is 0 Å². The molecule has 0 radical (unpaired) electrons. The van der Waals surface area contributed by atoms with E-state index in [9.17, 15) is 19.1 Å².